The van der Waals surface area contributed by atoms with Gasteiger partial charge in [-0.3, -0.25) is 4.79 Å². The third-order valence-electron chi connectivity index (χ3n) is 1.59. The van der Waals surface area contributed by atoms with Crippen LogP contribution in [0, 0.1) is 0 Å². The van der Waals surface area contributed by atoms with Crippen LogP contribution in [-0.4, -0.2) is 18.4 Å². The maximum Gasteiger partial charge on any atom is 0.286 e. The SMILES string of the molecule is O=C([O-])CCCNC(=O)c1ccco1. The molecule has 0 aliphatic heterocycles. The second-order valence-electron chi connectivity index (χ2n) is 2.71. The quantitative estimate of drug-likeness (QED) is 0.646. The first-order chi connectivity index (χ1) is 6.70. The van der Waals surface area contributed by atoms with Gasteiger partial charge in [0.05, 0.1) is 6.26 Å². The molecule has 1 heterocycles. The molecule has 5 nitrogen and oxygen atoms in total. The summed E-state index contributed by atoms with van der Waals surface area (Å²) in [6.45, 7) is 0.299. The molecule has 1 rings (SSSR count). The second-order valence-corrected chi connectivity index (χ2v) is 2.71. The maximum atomic E-state index is 11.2. The molecule has 0 aliphatic carbocycles. The molecule has 0 saturated carbocycles. The van der Waals surface area contributed by atoms with Crippen molar-refractivity contribution in [1.82, 2.24) is 5.32 Å². The molecule has 0 unspecified atom stereocenters. The van der Waals surface area contributed by atoms with Crippen LogP contribution in [0.25, 0.3) is 0 Å². The van der Waals surface area contributed by atoms with E-state index in [2.05, 4.69) is 5.32 Å². The van der Waals surface area contributed by atoms with Gasteiger partial charge in [-0.15, -0.1) is 0 Å². The molecule has 14 heavy (non-hydrogen) atoms. The van der Waals surface area contributed by atoms with Crippen molar-refractivity contribution in [2.24, 2.45) is 0 Å². The molecule has 0 atom stereocenters. The van der Waals surface area contributed by atoms with E-state index in [1.165, 1.54) is 12.3 Å². The van der Waals surface area contributed by atoms with Crippen LogP contribution in [0.4, 0.5) is 0 Å². The molecule has 0 saturated heterocycles. The molecule has 1 aromatic rings. The Hall–Kier alpha value is -1.78. The van der Waals surface area contributed by atoms with Gasteiger partial charge in [-0.25, -0.2) is 0 Å². The molecule has 0 bridgehead atoms. The fraction of sp³-hybridized carbons (Fsp3) is 0.333. The van der Waals surface area contributed by atoms with Crippen molar-refractivity contribution in [2.45, 2.75) is 12.8 Å². The summed E-state index contributed by atoms with van der Waals surface area (Å²) in [7, 11) is 0. The minimum Gasteiger partial charge on any atom is -0.550 e. The van der Waals surface area contributed by atoms with Crippen LogP contribution in [0.3, 0.4) is 0 Å². The van der Waals surface area contributed by atoms with Crippen LogP contribution in [0.5, 0.6) is 0 Å². The molecule has 1 aromatic heterocycles. The Bertz CT molecular complexity index is 305. The Labute approximate surface area is 80.7 Å². The van der Waals surface area contributed by atoms with Gasteiger partial charge in [0.15, 0.2) is 5.76 Å². The van der Waals surface area contributed by atoms with Crippen LogP contribution >= 0.6 is 0 Å². The predicted octanol–water partition coefficient (Wildman–Crippen LogP) is -0.460. The predicted molar refractivity (Wildman–Crippen MR) is 45.3 cm³/mol. The van der Waals surface area contributed by atoms with Gasteiger partial charge in [0.1, 0.15) is 0 Å². The minimum atomic E-state index is -1.11. The summed E-state index contributed by atoms with van der Waals surface area (Å²) in [5.74, 6) is -1.23. The zero-order valence-electron chi connectivity index (χ0n) is 7.49. The third-order valence-corrected chi connectivity index (χ3v) is 1.59. The third kappa shape index (κ3) is 3.30. The lowest BCUT2D eigenvalue weighted by Gasteiger charge is -2.03. The van der Waals surface area contributed by atoms with Gasteiger partial charge in [-0.1, -0.05) is 0 Å². The average molecular weight is 196 g/mol. The number of hydrogen-bond acceptors (Lipinski definition) is 4. The van der Waals surface area contributed by atoms with E-state index < -0.39 is 5.97 Å². The second kappa shape index (κ2) is 5.06. The highest BCUT2D eigenvalue weighted by molar-refractivity contribution is 5.91. The summed E-state index contributed by atoms with van der Waals surface area (Å²) in [6.07, 6.45) is 1.70. The number of rotatable bonds is 5. The first-order valence-electron chi connectivity index (χ1n) is 4.21. The molecule has 1 N–H and O–H groups in total. The molecule has 0 radical (unpaired) electrons. The molecule has 5 heteroatoms. The maximum absolute atomic E-state index is 11.2. The van der Waals surface area contributed by atoms with Crippen molar-refractivity contribution in [2.75, 3.05) is 6.54 Å². The molecule has 0 spiro atoms. The summed E-state index contributed by atoms with van der Waals surface area (Å²) in [4.78, 5) is 21.2. The Morgan fingerprint density at radius 3 is 2.86 bits per heavy atom. The van der Waals surface area contributed by atoms with Crippen LogP contribution in [-0.2, 0) is 4.79 Å². The van der Waals surface area contributed by atoms with Crippen LogP contribution in [0.2, 0.25) is 0 Å². The van der Waals surface area contributed by atoms with Crippen LogP contribution in [0.1, 0.15) is 23.4 Å². The number of aliphatic carboxylic acids is 1. The molecular weight excluding hydrogens is 186 g/mol. The van der Waals surface area contributed by atoms with Crippen molar-refractivity contribution in [3.05, 3.63) is 24.2 Å². The van der Waals surface area contributed by atoms with E-state index in [1.807, 2.05) is 0 Å². The van der Waals surface area contributed by atoms with Crippen LogP contribution in [0.15, 0.2) is 22.8 Å². The minimum absolute atomic E-state index is 0.0571. The summed E-state index contributed by atoms with van der Waals surface area (Å²) in [6, 6.07) is 3.14. The highest BCUT2D eigenvalue weighted by atomic mass is 16.4. The van der Waals surface area contributed by atoms with E-state index in [4.69, 9.17) is 4.42 Å². The normalized spacial score (nSPS) is 9.71. The molecule has 76 valence electrons. The lowest BCUT2D eigenvalue weighted by Crippen LogP contribution is -2.27. The first-order valence-corrected chi connectivity index (χ1v) is 4.21. The molecule has 0 aromatic carbocycles. The Morgan fingerprint density at radius 1 is 1.50 bits per heavy atom. The van der Waals surface area contributed by atoms with Gasteiger partial charge in [0.2, 0.25) is 0 Å². The molecule has 1 amide bonds. The van der Waals surface area contributed by atoms with E-state index in [9.17, 15) is 14.7 Å². The van der Waals surface area contributed by atoms with Crippen molar-refractivity contribution in [1.29, 1.82) is 0 Å². The van der Waals surface area contributed by atoms with Gasteiger partial charge >= 0.3 is 0 Å². The smallest absolute Gasteiger partial charge is 0.286 e. The van der Waals surface area contributed by atoms with E-state index in [0.29, 0.717) is 13.0 Å². The van der Waals surface area contributed by atoms with E-state index in [1.54, 1.807) is 6.07 Å². The zero-order valence-corrected chi connectivity index (χ0v) is 7.49. The van der Waals surface area contributed by atoms with Crippen molar-refractivity contribution < 1.29 is 19.1 Å². The standard InChI is InChI=1S/C9H11NO4/c11-8(12)4-1-5-10-9(13)7-3-2-6-14-7/h2-3,6H,1,4-5H2,(H,10,13)(H,11,12)/p-1. The number of amides is 1. The largest absolute Gasteiger partial charge is 0.550 e. The summed E-state index contributed by atoms with van der Waals surface area (Å²) >= 11 is 0. The molecule has 0 aliphatic rings. The lowest BCUT2D eigenvalue weighted by molar-refractivity contribution is -0.305. The first kappa shape index (κ1) is 10.3. The van der Waals surface area contributed by atoms with Crippen molar-refractivity contribution in [3.63, 3.8) is 0 Å². The van der Waals surface area contributed by atoms with Crippen molar-refractivity contribution >= 4 is 11.9 Å². The van der Waals surface area contributed by atoms with Gasteiger partial charge in [-0.05, 0) is 25.0 Å². The topological polar surface area (TPSA) is 82.4 Å². The number of nitrogens with one attached hydrogen (secondary N) is 1. The van der Waals surface area contributed by atoms with Gasteiger partial charge < -0.3 is 19.6 Å². The van der Waals surface area contributed by atoms with E-state index in [0.717, 1.165) is 0 Å². The van der Waals surface area contributed by atoms with E-state index >= 15 is 0 Å². The number of hydrogen-bond donors (Lipinski definition) is 1. The summed E-state index contributed by atoms with van der Waals surface area (Å²) in [5, 5.41) is 12.5. The Balaban J connectivity index is 2.19. The summed E-state index contributed by atoms with van der Waals surface area (Å²) in [5.41, 5.74) is 0. The van der Waals surface area contributed by atoms with Gasteiger partial charge in [-0.2, -0.15) is 0 Å². The Morgan fingerprint density at radius 2 is 2.29 bits per heavy atom. The van der Waals surface area contributed by atoms with Gasteiger partial charge in [0, 0.05) is 12.5 Å². The van der Waals surface area contributed by atoms with E-state index in [-0.39, 0.29) is 18.1 Å². The molecule has 0 fully saturated rings. The number of carboxylic acid groups (broad SMARTS) is 1. The van der Waals surface area contributed by atoms with Crippen LogP contribution < -0.4 is 10.4 Å². The number of carboxylic acids is 1. The lowest BCUT2D eigenvalue weighted by atomic mass is 10.3. The summed E-state index contributed by atoms with van der Waals surface area (Å²) < 4.78 is 4.83. The fourth-order valence-corrected chi connectivity index (χ4v) is 0.930. The number of carbonyl (C=O) groups excluding carboxylic acids is 2. The highest BCUT2D eigenvalue weighted by Gasteiger charge is 2.06. The highest BCUT2D eigenvalue weighted by Crippen LogP contribution is 1.98. The average Bonchev–Trinajstić information content (AvgIpc) is 2.64. The van der Waals surface area contributed by atoms with Crippen molar-refractivity contribution in [3.8, 4) is 0 Å². The fourth-order valence-electron chi connectivity index (χ4n) is 0.930. The van der Waals surface area contributed by atoms with Gasteiger partial charge in [0.25, 0.3) is 5.91 Å². The zero-order chi connectivity index (χ0) is 10.4. The molecular formula is C9H10NO4-. The number of furan rings is 1. The Kier molecular flexibility index (Phi) is 3.72. The number of carbonyl (C=O) groups is 2. The monoisotopic (exact) mass is 196 g/mol.